The first-order chi connectivity index (χ1) is 19.5. The van der Waals surface area contributed by atoms with Crippen LogP contribution in [0.25, 0.3) is 11.1 Å². The van der Waals surface area contributed by atoms with Crippen LogP contribution in [0, 0.1) is 0 Å². The summed E-state index contributed by atoms with van der Waals surface area (Å²) >= 11 is -2.74. The standard InChI is InChI=1S/C21H25.C13H10.C6H7.Zr/c1-20(2,3)16-7-9-18-14(12-16)11-15-13-17(21(4,5)6)8-10-19(15)18;1-3-7-12(8-4-1)11-13-9-5-2-6-10-13;1-6-4-2-3-5-6;/h7-10,12H,11H2,1-6H3;1-10H;4-5H,2H2,1H3;. The fraction of sp³-hybridized carbons (Fsp3) is 0.275. The predicted octanol–water partition coefficient (Wildman–Crippen LogP) is 9.60. The molecule has 4 aromatic carbocycles. The summed E-state index contributed by atoms with van der Waals surface area (Å²) in [5.41, 5.74) is 13.4. The van der Waals surface area contributed by atoms with Crippen molar-refractivity contribution in [1.82, 2.24) is 0 Å². The van der Waals surface area contributed by atoms with E-state index in [1.807, 2.05) is 0 Å². The molecule has 0 aliphatic heterocycles. The molecule has 0 saturated heterocycles. The van der Waals surface area contributed by atoms with E-state index < -0.39 is 21.3 Å². The van der Waals surface area contributed by atoms with Crippen molar-refractivity contribution in [1.29, 1.82) is 0 Å². The van der Waals surface area contributed by atoms with E-state index in [2.05, 4.69) is 152 Å². The number of rotatable bonds is 4. The van der Waals surface area contributed by atoms with Gasteiger partial charge in [-0.1, -0.05) is 0 Å². The molecule has 41 heavy (non-hydrogen) atoms. The fourth-order valence-electron chi connectivity index (χ4n) is 6.60. The summed E-state index contributed by atoms with van der Waals surface area (Å²) < 4.78 is 5.01. The molecule has 2 aliphatic carbocycles. The molecule has 0 atom stereocenters. The third kappa shape index (κ3) is 5.39. The summed E-state index contributed by atoms with van der Waals surface area (Å²) in [5, 5.41) is 0. The summed E-state index contributed by atoms with van der Waals surface area (Å²) in [6.45, 7) is 16.5. The van der Waals surface area contributed by atoms with Crippen molar-refractivity contribution in [2.45, 2.75) is 72.1 Å². The molecule has 206 valence electrons. The van der Waals surface area contributed by atoms with Crippen LogP contribution >= 0.6 is 0 Å². The van der Waals surface area contributed by atoms with Gasteiger partial charge in [-0.05, 0) is 0 Å². The van der Waals surface area contributed by atoms with E-state index in [1.165, 1.54) is 39.0 Å². The van der Waals surface area contributed by atoms with Gasteiger partial charge in [-0.25, -0.2) is 0 Å². The molecule has 0 aromatic heterocycles. The summed E-state index contributed by atoms with van der Waals surface area (Å²) in [6, 6.07) is 34.8. The van der Waals surface area contributed by atoms with E-state index in [1.54, 1.807) is 20.9 Å². The topological polar surface area (TPSA) is 0 Å². The Hall–Kier alpha value is -2.89. The van der Waals surface area contributed by atoms with Crippen molar-refractivity contribution in [3.63, 3.8) is 0 Å². The number of fused-ring (bicyclic) bond motifs is 3. The fourth-order valence-corrected chi connectivity index (χ4v) is 15.8. The van der Waals surface area contributed by atoms with E-state index in [0.29, 0.717) is 0 Å². The van der Waals surface area contributed by atoms with Crippen LogP contribution in [-0.4, -0.2) is 3.21 Å². The molecule has 0 bridgehead atoms. The minimum absolute atomic E-state index is 0.0572. The Morgan fingerprint density at radius 3 is 1.83 bits per heavy atom. The molecule has 0 nitrogen and oxygen atoms in total. The Bertz CT molecular complexity index is 1670. The first kappa shape index (κ1) is 28.2. The van der Waals surface area contributed by atoms with Gasteiger partial charge in [0.2, 0.25) is 0 Å². The van der Waals surface area contributed by atoms with Crippen molar-refractivity contribution in [2.24, 2.45) is 0 Å². The van der Waals surface area contributed by atoms with Crippen LogP contribution in [0.4, 0.5) is 0 Å². The number of hydrogen-bond acceptors (Lipinski definition) is 0. The van der Waals surface area contributed by atoms with Crippen molar-refractivity contribution in [2.75, 3.05) is 0 Å². The summed E-state index contributed by atoms with van der Waals surface area (Å²) in [4.78, 5) is 0. The molecular weight excluding hydrogens is 572 g/mol. The molecule has 2 aliphatic rings. The van der Waals surface area contributed by atoms with Crippen LogP contribution < -0.4 is 3.27 Å². The Balaban J connectivity index is 1.73. The van der Waals surface area contributed by atoms with Gasteiger partial charge >= 0.3 is 256 Å². The van der Waals surface area contributed by atoms with Crippen LogP contribution in [0.1, 0.15) is 88.3 Å². The maximum atomic E-state index is 2.55. The Morgan fingerprint density at radius 2 is 1.29 bits per heavy atom. The van der Waals surface area contributed by atoms with Crippen molar-refractivity contribution < 1.29 is 21.3 Å². The normalized spacial score (nSPS) is 14.3. The second kappa shape index (κ2) is 10.7. The molecule has 0 saturated carbocycles. The second-order valence-corrected chi connectivity index (χ2v) is 19.7. The molecule has 0 spiro atoms. The van der Waals surface area contributed by atoms with E-state index in [-0.39, 0.29) is 10.8 Å². The zero-order chi connectivity index (χ0) is 28.9. The molecule has 0 heterocycles. The summed E-state index contributed by atoms with van der Waals surface area (Å²) in [7, 11) is 0. The number of benzene rings is 4. The van der Waals surface area contributed by atoms with Gasteiger partial charge in [0.15, 0.2) is 0 Å². The Kier molecular flexibility index (Phi) is 7.40. The van der Waals surface area contributed by atoms with E-state index in [9.17, 15) is 0 Å². The maximum absolute atomic E-state index is 2.74. The van der Waals surface area contributed by atoms with Crippen molar-refractivity contribution in [3.05, 3.63) is 145 Å². The Labute approximate surface area is 255 Å². The molecule has 0 amide bonds. The molecule has 0 N–H and O–H groups in total. The van der Waals surface area contributed by atoms with Crippen molar-refractivity contribution in [3.8, 4) is 11.1 Å². The minimum atomic E-state index is -2.74. The van der Waals surface area contributed by atoms with Gasteiger partial charge < -0.3 is 0 Å². The third-order valence-corrected chi connectivity index (χ3v) is 16.5. The number of allylic oxidation sites excluding steroid dienone is 4. The van der Waals surface area contributed by atoms with Crippen LogP contribution in [0.5, 0.6) is 0 Å². The van der Waals surface area contributed by atoms with Gasteiger partial charge in [-0.3, -0.25) is 0 Å². The van der Waals surface area contributed by atoms with Crippen molar-refractivity contribution >= 4 is 6.48 Å². The van der Waals surface area contributed by atoms with Gasteiger partial charge in [0.25, 0.3) is 0 Å². The van der Waals surface area contributed by atoms with Gasteiger partial charge in [-0.2, -0.15) is 0 Å². The second-order valence-electron chi connectivity index (χ2n) is 13.9. The predicted molar refractivity (Wildman–Crippen MR) is 174 cm³/mol. The van der Waals surface area contributed by atoms with Crippen LogP contribution in [-0.2, 0) is 38.5 Å². The molecule has 4 aromatic rings. The molecule has 0 fully saturated rings. The first-order valence-electron chi connectivity index (χ1n) is 15.1. The molecule has 0 radical (unpaired) electrons. The van der Waals surface area contributed by atoms with E-state index >= 15 is 0 Å². The van der Waals surface area contributed by atoms with E-state index in [4.69, 9.17) is 0 Å². The molecule has 0 unspecified atom stereocenters. The van der Waals surface area contributed by atoms with Gasteiger partial charge in [0, 0.05) is 0 Å². The first-order valence-corrected chi connectivity index (χ1v) is 18.7. The molecule has 1 heteroatoms. The average molecular weight is 614 g/mol. The third-order valence-electron chi connectivity index (χ3n) is 8.74. The van der Waals surface area contributed by atoms with Gasteiger partial charge in [-0.15, -0.1) is 0 Å². The number of hydrogen-bond donors (Lipinski definition) is 0. The van der Waals surface area contributed by atoms with Gasteiger partial charge in [0.05, 0.1) is 0 Å². The SMILES string of the molecule is CC1=CC[C]([Zr](=[C](c2ccccc2)c2ccccc2)[c]2c(C(C)(C)C)ccc3c2Cc2cc(C(C)(C)C)ccc2-3)=C1. The average Bonchev–Trinajstić information content (AvgIpc) is 3.54. The Morgan fingerprint density at radius 1 is 0.683 bits per heavy atom. The quantitative estimate of drug-likeness (QED) is 0.189. The summed E-state index contributed by atoms with van der Waals surface area (Å²) in [6.07, 6.45) is 7.12. The van der Waals surface area contributed by atoms with E-state index in [0.717, 1.165) is 12.8 Å². The zero-order valence-electron chi connectivity index (χ0n) is 25.7. The monoisotopic (exact) mass is 612 g/mol. The molecule has 6 rings (SSSR count). The van der Waals surface area contributed by atoms with Crippen LogP contribution in [0.3, 0.4) is 0 Å². The van der Waals surface area contributed by atoms with Crippen LogP contribution in [0.2, 0.25) is 0 Å². The van der Waals surface area contributed by atoms with Gasteiger partial charge in [0.1, 0.15) is 0 Å². The van der Waals surface area contributed by atoms with Crippen LogP contribution in [0.15, 0.2) is 112 Å². The molecular formula is C40H42Zr. The summed E-state index contributed by atoms with van der Waals surface area (Å²) in [5.74, 6) is 0. The zero-order valence-corrected chi connectivity index (χ0v) is 28.2.